The third-order valence-electron chi connectivity index (χ3n) is 6.45. The molecule has 2 fully saturated rings. The van der Waals surface area contributed by atoms with E-state index in [2.05, 4.69) is 10.6 Å². The van der Waals surface area contributed by atoms with Gasteiger partial charge in [0, 0.05) is 6.04 Å². The van der Waals surface area contributed by atoms with Crippen LogP contribution < -0.4 is 10.6 Å². The SMILES string of the molecule is O=C(NC1O[C@H]1C[C@H](CC1CCCCC1)NC(=O)OCc1ccccc1)OCc1ccccc1. The van der Waals surface area contributed by atoms with E-state index in [0.717, 1.165) is 17.5 Å². The maximum atomic E-state index is 12.5. The minimum atomic E-state index is -0.504. The van der Waals surface area contributed by atoms with Gasteiger partial charge >= 0.3 is 12.2 Å². The Labute approximate surface area is 201 Å². The molecule has 34 heavy (non-hydrogen) atoms. The van der Waals surface area contributed by atoms with Crippen LogP contribution in [0.4, 0.5) is 9.59 Å². The van der Waals surface area contributed by atoms with Crippen LogP contribution in [0, 0.1) is 5.92 Å². The second kappa shape index (κ2) is 12.4. The quantitative estimate of drug-likeness (QED) is 0.464. The van der Waals surface area contributed by atoms with Gasteiger partial charge in [-0.25, -0.2) is 9.59 Å². The molecular formula is C27H34N2O5. The Kier molecular flexibility index (Phi) is 8.79. The van der Waals surface area contributed by atoms with Crippen LogP contribution >= 0.6 is 0 Å². The van der Waals surface area contributed by atoms with E-state index in [1.807, 2.05) is 60.7 Å². The Morgan fingerprint density at radius 3 is 2.03 bits per heavy atom. The summed E-state index contributed by atoms with van der Waals surface area (Å²) in [7, 11) is 0. The molecule has 0 bridgehead atoms. The fourth-order valence-electron chi connectivity index (χ4n) is 4.58. The lowest BCUT2D eigenvalue weighted by Crippen LogP contribution is -2.39. The Morgan fingerprint density at radius 1 is 0.824 bits per heavy atom. The van der Waals surface area contributed by atoms with E-state index in [9.17, 15) is 9.59 Å². The zero-order valence-corrected chi connectivity index (χ0v) is 19.5. The van der Waals surface area contributed by atoms with E-state index in [1.165, 1.54) is 32.1 Å². The topological polar surface area (TPSA) is 89.2 Å². The highest BCUT2D eigenvalue weighted by molar-refractivity contribution is 5.68. The van der Waals surface area contributed by atoms with Gasteiger partial charge < -0.3 is 19.5 Å². The second-order valence-corrected chi connectivity index (χ2v) is 9.18. The van der Waals surface area contributed by atoms with Crippen LogP contribution in [-0.4, -0.2) is 30.6 Å². The van der Waals surface area contributed by atoms with Crippen LogP contribution in [0.2, 0.25) is 0 Å². The van der Waals surface area contributed by atoms with Gasteiger partial charge in [-0.1, -0.05) is 92.8 Å². The highest BCUT2D eigenvalue weighted by Gasteiger charge is 2.42. The van der Waals surface area contributed by atoms with Crippen molar-refractivity contribution in [2.75, 3.05) is 0 Å². The third-order valence-corrected chi connectivity index (χ3v) is 6.45. The molecule has 1 aliphatic heterocycles. The predicted molar refractivity (Wildman–Crippen MR) is 128 cm³/mol. The molecule has 1 saturated heterocycles. The Hall–Kier alpha value is -3.06. The van der Waals surface area contributed by atoms with Crippen molar-refractivity contribution in [3.63, 3.8) is 0 Å². The lowest BCUT2D eigenvalue weighted by Gasteiger charge is -2.26. The molecule has 7 nitrogen and oxygen atoms in total. The van der Waals surface area contributed by atoms with Crippen molar-refractivity contribution in [3.8, 4) is 0 Å². The molecule has 7 heteroatoms. The molecule has 4 rings (SSSR count). The van der Waals surface area contributed by atoms with Gasteiger partial charge in [0.05, 0.1) is 0 Å². The van der Waals surface area contributed by atoms with E-state index in [-0.39, 0.29) is 31.6 Å². The van der Waals surface area contributed by atoms with Gasteiger partial charge in [0.1, 0.15) is 19.3 Å². The summed E-state index contributed by atoms with van der Waals surface area (Å²) in [5.74, 6) is 0.592. The van der Waals surface area contributed by atoms with Crippen LogP contribution in [-0.2, 0) is 27.4 Å². The molecule has 2 aliphatic rings. The fraction of sp³-hybridized carbons (Fsp3) is 0.481. The molecule has 2 N–H and O–H groups in total. The molecule has 182 valence electrons. The number of hydrogen-bond acceptors (Lipinski definition) is 5. The van der Waals surface area contributed by atoms with E-state index in [4.69, 9.17) is 14.2 Å². The molecular weight excluding hydrogens is 432 g/mol. The van der Waals surface area contributed by atoms with Gasteiger partial charge in [-0.2, -0.15) is 0 Å². The molecule has 2 amide bonds. The molecule has 1 heterocycles. The van der Waals surface area contributed by atoms with Crippen LogP contribution in [0.25, 0.3) is 0 Å². The van der Waals surface area contributed by atoms with Gasteiger partial charge in [-0.15, -0.1) is 0 Å². The van der Waals surface area contributed by atoms with Crippen LogP contribution in [0.3, 0.4) is 0 Å². The van der Waals surface area contributed by atoms with Gasteiger partial charge in [0.25, 0.3) is 0 Å². The zero-order valence-electron chi connectivity index (χ0n) is 19.5. The number of epoxide rings is 1. The van der Waals surface area contributed by atoms with Crippen molar-refractivity contribution in [3.05, 3.63) is 71.8 Å². The van der Waals surface area contributed by atoms with Crippen molar-refractivity contribution < 1.29 is 23.8 Å². The first-order valence-corrected chi connectivity index (χ1v) is 12.3. The Balaban J connectivity index is 1.23. The Morgan fingerprint density at radius 2 is 1.41 bits per heavy atom. The summed E-state index contributed by atoms with van der Waals surface area (Å²) in [6, 6.07) is 19.1. The maximum absolute atomic E-state index is 12.5. The molecule has 0 radical (unpaired) electrons. The number of carbonyl (C=O) groups is 2. The van der Waals surface area contributed by atoms with Gasteiger partial charge in [-0.05, 0) is 29.9 Å². The van der Waals surface area contributed by atoms with Crippen molar-refractivity contribution in [2.24, 2.45) is 5.92 Å². The molecule has 1 unspecified atom stereocenters. The summed E-state index contributed by atoms with van der Waals surface area (Å²) in [4.78, 5) is 24.6. The average molecular weight is 467 g/mol. The molecule has 0 aromatic heterocycles. The van der Waals surface area contributed by atoms with Crippen LogP contribution in [0.1, 0.15) is 56.1 Å². The van der Waals surface area contributed by atoms with Crippen molar-refractivity contribution in [1.82, 2.24) is 10.6 Å². The number of nitrogens with one attached hydrogen (secondary N) is 2. The lowest BCUT2D eigenvalue weighted by molar-refractivity contribution is 0.131. The number of carbonyl (C=O) groups excluding carboxylic acids is 2. The predicted octanol–water partition coefficient (Wildman–Crippen LogP) is 5.29. The number of amides is 2. The normalized spacial score (nSPS) is 20.7. The fourth-order valence-corrected chi connectivity index (χ4v) is 4.58. The molecule has 0 spiro atoms. The highest BCUT2D eigenvalue weighted by Crippen LogP contribution is 2.31. The first-order valence-electron chi connectivity index (χ1n) is 12.3. The maximum Gasteiger partial charge on any atom is 0.409 e. The monoisotopic (exact) mass is 466 g/mol. The van der Waals surface area contributed by atoms with Crippen molar-refractivity contribution >= 4 is 12.2 Å². The summed E-state index contributed by atoms with van der Waals surface area (Å²) >= 11 is 0. The van der Waals surface area contributed by atoms with Gasteiger partial charge in [-0.3, -0.25) is 5.32 Å². The van der Waals surface area contributed by atoms with Crippen molar-refractivity contribution in [2.45, 2.75) is 76.5 Å². The molecule has 2 aromatic carbocycles. The average Bonchev–Trinajstić information content (AvgIpc) is 3.60. The number of hydrogen-bond donors (Lipinski definition) is 2. The Bertz CT molecular complexity index is 902. The van der Waals surface area contributed by atoms with Gasteiger partial charge in [0.15, 0.2) is 6.23 Å². The summed E-state index contributed by atoms with van der Waals surface area (Å²) in [6.45, 7) is 0.448. The van der Waals surface area contributed by atoms with E-state index in [0.29, 0.717) is 12.3 Å². The van der Waals surface area contributed by atoms with E-state index < -0.39 is 12.2 Å². The molecule has 3 atom stereocenters. The number of rotatable bonds is 10. The summed E-state index contributed by atoms with van der Waals surface area (Å²) in [5.41, 5.74) is 1.88. The largest absolute Gasteiger partial charge is 0.445 e. The third kappa shape index (κ3) is 8.06. The molecule has 2 aromatic rings. The van der Waals surface area contributed by atoms with Gasteiger partial charge in [0.2, 0.25) is 0 Å². The first-order chi connectivity index (χ1) is 16.7. The number of benzene rings is 2. The highest BCUT2D eigenvalue weighted by atomic mass is 16.6. The minimum Gasteiger partial charge on any atom is -0.445 e. The number of ether oxygens (including phenoxy) is 3. The van der Waals surface area contributed by atoms with Crippen LogP contribution in [0.5, 0.6) is 0 Å². The lowest BCUT2D eigenvalue weighted by atomic mass is 9.84. The van der Waals surface area contributed by atoms with E-state index >= 15 is 0 Å². The standard InChI is InChI=1S/C27H34N2O5/c30-26(32-18-21-12-6-2-7-13-21)28-23(16-20-10-4-1-5-11-20)17-24-25(34-24)29-27(31)33-19-22-14-8-3-9-15-22/h2-3,6-9,12-15,20,23-25H,1,4-5,10-11,16-19H2,(H,28,30)(H,29,31)/t23-,24-,25?/m0/s1. The number of alkyl carbamates (subject to hydrolysis) is 2. The molecule has 1 saturated carbocycles. The minimum absolute atomic E-state index is 0.0662. The smallest absolute Gasteiger partial charge is 0.409 e. The first kappa shape index (κ1) is 24.1. The summed E-state index contributed by atoms with van der Waals surface area (Å²) in [5, 5.41) is 5.80. The summed E-state index contributed by atoms with van der Waals surface area (Å²) in [6.07, 6.45) is 6.22. The van der Waals surface area contributed by atoms with Crippen molar-refractivity contribution in [1.29, 1.82) is 0 Å². The van der Waals surface area contributed by atoms with Crippen LogP contribution in [0.15, 0.2) is 60.7 Å². The summed E-state index contributed by atoms with van der Waals surface area (Å²) < 4.78 is 16.4. The van der Waals surface area contributed by atoms with E-state index in [1.54, 1.807) is 0 Å². The second-order valence-electron chi connectivity index (χ2n) is 9.18. The molecule has 1 aliphatic carbocycles. The zero-order chi connectivity index (χ0) is 23.6.